The van der Waals surface area contributed by atoms with Gasteiger partial charge in [-0.2, -0.15) is 0 Å². The van der Waals surface area contributed by atoms with Gasteiger partial charge in [0.05, 0.1) is 6.42 Å². The second-order valence-electron chi connectivity index (χ2n) is 2.73. The van der Waals surface area contributed by atoms with E-state index in [1.807, 2.05) is 0 Å². The summed E-state index contributed by atoms with van der Waals surface area (Å²) in [4.78, 5) is 19.5. The molecule has 0 aliphatic heterocycles. The van der Waals surface area contributed by atoms with E-state index >= 15 is 0 Å². The normalized spacial score (nSPS) is 8.93. The zero-order chi connectivity index (χ0) is 12.1. The average Bonchev–Trinajstić information content (AvgIpc) is 2.13. The smallest absolute Gasteiger partial charge is 0.304 e. The van der Waals surface area contributed by atoms with Crippen molar-refractivity contribution in [1.29, 1.82) is 0 Å². The predicted octanol–water partition coefficient (Wildman–Crippen LogP) is 2.88. The number of hydrogen-bond donors (Lipinski definition) is 2. The van der Waals surface area contributed by atoms with Gasteiger partial charge in [-0.05, 0) is 12.8 Å². The van der Waals surface area contributed by atoms with Gasteiger partial charge in [0, 0.05) is 17.1 Å². The van der Waals surface area contributed by atoms with Crippen LogP contribution in [0.4, 0.5) is 0 Å². The monoisotopic (exact) mass is 346 g/mol. The SMILES string of the molecule is O=C(O)CCBr.O=C(O)CCCCCBr. The van der Waals surface area contributed by atoms with Crippen LogP contribution in [0.1, 0.15) is 32.1 Å². The van der Waals surface area contributed by atoms with Gasteiger partial charge in [0.25, 0.3) is 0 Å². The van der Waals surface area contributed by atoms with Crippen LogP contribution in [0, 0.1) is 0 Å². The highest BCUT2D eigenvalue weighted by atomic mass is 79.9. The van der Waals surface area contributed by atoms with Crippen molar-refractivity contribution in [2.24, 2.45) is 0 Å². The second kappa shape index (κ2) is 13.9. The molecule has 0 aliphatic rings. The molecule has 0 unspecified atom stereocenters. The first-order valence-corrected chi connectivity index (χ1v) is 6.84. The van der Waals surface area contributed by atoms with Crippen LogP contribution >= 0.6 is 31.9 Å². The number of unbranched alkanes of at least 4 members (excludes halogenated alkanes) is 2. The molecule has 0 aromatic carbocycles. The maximum Gasteiger partial charge on any atom is 0.304 e. The number of carboxylic acid groups (broad SMARTS) is 2. The fraction of sp³-hybridized carbons (Fsp3) is 0.778. The lowest BCUT2D eigenvalue weighted by Gasteiger charge is -1.92. The van der Waals surface area contributed by atoms with E-state index < -0.39 is 11.9 Å². The summed E-state index contributed by atoms with van der Waals surface area (Å²) in [6.45, 7) is 0. The summed E-state index contributed by atoms with van der Waals surface area (Å²) >= 11 is 6.24. The molecule has 0 aromatic rings. The van der Waals surface area contributed by atoms with Crippen molar-refractivity contribution in [3.63, 3.8) is 0 Å². The average molecular weight is 348 g/mol. The maximum atomic E-state index is 9.95. The maximum absolute atomic E-state index is 9.95. The molecule has 6 heteroatoms. The molecule has 0 radical (unpaired) electrons. The summed E-state index contributed by atoms with van der Waals surface area (Å²) in [5.41, 5.74) is 0. The van der Waals surface area contributed by atoms with Gasteiger partial charge in [-0.3, -0.25) is 9.59 Å². The molecule has 0 aliphatic carbocycles. The Morgan fingerprint density at radius 2 is 1.33 bits per heavy atom. The fourth-order valence-corrected chi connectivity index (χ4v) is 1.36. The van der Waals surface area contributed by atoms with Gasteiger partial charge in [0.15, 0.2) is 0 Å². The first-order valence-electron chi connectivity index (χ1n) is 4.60. The van der Waals surface area contributed by atoms with Gasteiger partial charge >= 0.3 is 11.9 Å². The molecule has 0 bridgehead atoms. The van der Waals surface area contributed by atoms with Crippen LogP contribution in [0.5, 0.6) is 0 Å². The molecular weight excluding hydrogens is 332 g/mol. The Hall–Kier alpha value is -0.100. The number of carboxylic acids is 2. The minimum atomic E-state index is -0.758. The van der Waals surface area contributed by atoms with Gasteiger partial charge in [-0.1, -0.05) is 38.3 Å². The van der Waals surface area contributed by atoms with Crippen molar-refractivity contribution in [1.82, 2.24) is 0 Å². The molecule has 0 amide bonds. The lowest BCUT2D eigenvalue weighted by atomic mass is 10.2. The van der Waals surface area contributed by atoms with Crippen molar-refractivity contribution < 1.29 is 19.8 Å². The van der Waals surface area contributed by atoms with Crippen LogP contribution in [-0.2, 0) is 9.59 Å². The molecule has 0 atom stereocenters. The molecule has 0 spiro atoms. The van der Waals surface area contributed by atoms with Gasteiger partial charge in [-0.15, -0.1) is 0 Å². The third-order valence-corrected chi connectivity index (χ3v) is 2.29. The summed E-state index contributed by atoms with van der Waals surface area (Å²) in [7, 11) is 0. The molecule has 0 fully saturated rings. The topological polar surface area (TPSA) is 74.6 Å². The van der Waals surface area contributed by atoms with E-state index in [2.05, 4.69) is 31.9 Å². The highest BCUT2D eigenvalue weighted by molar-refractivity contribution is 9.09. The Morgan fingerprint density at radius 1 is 0.800 bits per heavy atom. The van der Waals surface area contributed by atoms with E-state index in [4.69, 9.17) is 10.2 Å². The number of rotatable bonds is 7. The summed E-state index contributed by atoms with van der Waals surface area (Å²) in [5.74, 6) is -1.45. The molecule has 0 saturated heterocycles. The van der Waals surface area contributed by atoms with Crippen LogP contribution in [0.15, 0.2) is 0 Å². The van der Waals surface area contributed by atoms with E-state index in [-0.39, 0.29) is 6.42 Å². The van der Waals surface area contributed by atoms with Gasteiger partial charge in [0.1, 0.15) is 0 Å². The molecule has 2 N–H and O–H groups in total. The molecule has 90 valence electrons. The van der Waals surface area contributed by atoms with Gasteiger partial charge in [0.2, 0.25) is 0 Å². The minimum Gasteiger partial charge on any atom is -0.481 e. The number of halogens is 2. The summed E-state index contributed by atoms with van der Waals surface area (Å²) in [6, 6.07) is 0. The Balaban J connectivity index is 0. The number of alkyl halides is 2. The fourth-order valence-electron chi connectivity index (χ4n) is 0.628. The predicted molar refractivity (Wildman–Crippen MR) is 65.9 cm³/mol. The largest absolute Gasteiger partial charge is 0.481 e. The molecule has 0 heterocycles. The Kier molecular flexibility index (Phi) is 16.0. The summed E-state index contributed by atoms with van der Waals surface area (Å²) in [5, 5.41) is 17.6. The Labute approximate surface area is 106 Å². The molecule has 0 saturated carbocycles. The van der Waals surface area contributed by atoms with E-state index in [0.717, 1.165) is 24.6 Å². The molecule has 15 heavy (non-hydrogen) atoms. The summed E-state index contributed by atoms with van der Waals surface area (Å²) in [6.07, 6.45) is 3.42. The third kappa shape index (κ3) is 24.9. The van der Waals surface area contributed by atoms with E-state index in [1.54, 1.807) is 0 Å². The van der Waals surface area contributed by atoms with Crippen LogP contribution in [-0.4, -0.2) is 32.8 Å². The van der Waals surface area contributed by atoms with Crippen LogP contribution in [0.3, 0.4) is 0 Å². The number of carbonyl (C=O) groups is 2. The van der Waals surface area contributed by atoms with Crippen LogP contribution in [0.25, 0.3) is 0 Å². The van der Waals surface area contributed by atoms with Crippen molar-refractivity contribution in [3.8, 4) is 0 Å². The Bertz CT molecular complexity index is 173. The number of aliphatic carboxylic acids is 2. The van der Waals surface area contributed by atoms with E-state index in [0.29, 0.717) is 11.8 Å². The third-order valence-electron chi connectivity index (χ3n) is 1.33. The van der Waals surface area contributed by atoms with Crippen molar-refractivity contribution >= 4 is 43.8 Å². The first kappa shape index (κ1) is 17.3. The lowest BCUT2D eigenvalue weighted by Crippen LogP contribution is -1.93. The van der Waals surface area contributed by atoms with Crippen molar-refractivity contribution in [3.05, 3.63) is 0 Å². The van der Waals surface area contributed by atoms with Crippen molar-refractivity contribution in [2.75, 3.05) is 10.7 Å². The van der Waals surface area contributed by atoms with Gasteiger partial charge < -0.3 is 10.2 Å². The minimum absolute atomic E-state index is 0.208. The Morgan fingerprint density at radius 3 is 1.60 bits per heavy atom. The van der Waals surface area contributed by atoms with Crippen LogP contribution in [0.2, 0.25) is 0 Å². The second-order valence-corrected chi connectivity index (χ2v) is 4.31. The standard InChI is InChI=1S/C6H11BrO2.C3H5BrO2/c7-5-3-1-2-4-6(8)9;4-2-1-3(5)6/h1-5H2,(H,8,9);1-2H2,(H,5,6). The number of hydrogen-bond acceptors (Lipinski definition) is 2. The zero-order valence-electron chi connectivity index (χ0n) is 8.42. The van der Waals surface area contributed by atoms with Gasteiger partial charge in [-0.25, -0.2) is 0 Å². The van der Waals surface area contributed by atoms with E-state index in [9.17, 15) is 9.59 Å². The first-order chi connectivity index (χ1) is 7.04. The quantitative estimate of drug-likeness (QED) is 0.548. The van der Waals surface area contributed by atoms with Crippen molar-refractivity contribution in [2.45, 2.75) is 32.1 Å². The molecular formula is C9H16Br2O4. The highest BCUT2D eigenvalue weighted by Crippen LogP contribution is 2.01. The zero-order valence-corrected chi connectivity index (χ0v) is 11.6. The highest BCUT2D eigenvalue weighted by Gasteiger charge is 1.94. The van der Waals surface area contributed by atoms with E-state index in [1.165, 1.54) is 0 Å². The molecule has 4 nitrogen and oxygen atoms in total. The molecule has 0 rings (SSSR count). The molecule has 0 aromatic heterocycles. The summed E-state index contributed by atoms with van der Waals surface area (Å²) < 4.78 is 0. The lowest BCUT2D eigenvalue weighted by molar-refractivity contribution is -0.137. The van der Waals surface area contributed by atoms with Crippen LogP contribution < -0.4 is 0 Å².